The van der Waals surface area contributed by atoms with Crippen molar-refractivity contribution in [1.82, 2.24) is 18.7 Å². The topological polar surface area (TPSA) is 108 Å². The van der Waals surface area contributed by atoms with Crippen molar-refractivity contribution in [2.24, 2.45) is 19.5 Å². The van der Waals surface area contributed by atoms with Gasteiger partial charge in [0.1, 0.15) is 0 Å². The molecule has 1 aromatic carbocycles. The first kappa shape index (κ1) is 21.2. The fourth-order valence-electron chi connectivity index (χ4n) is 3.06. The number of Topliss-reactive ketones (excluding diaryl/α,β-unsaturated/α-hetero) is 1. The highest BCUT2D eigenvalue weighted by atomic mass is 16.2. The van der Waals surface area contributed by atoms with E-state index >= 15 is 0 Å². The second kappa shape index (κ2) is 7.40. The average Bonchev–Trinajstić information content (AvgIpc) is 3.14. The molecule has 158 valence electrons. The molecule has 1 amide bonds. The maximum Gasteiger partial charge on any atom is 0.332 e. The minimum absolute atomic E-state index is 0.124. The third kappa shape index (κ3) is 3.58. The van der Waals surface area contributed by atoms with Crippen LogP contribution in [0.1, 0.15) is 44.1 Å². The van der Waals surface area contributed by atoms with Crippen molar-refractivity contribution in [3.05, 3.63) is 57.0 Å². The molecule has 0 bridgehead atoms. The summed E-state index contributed by atoms with van der Waals surface area (Å²) in [4.78, 5) is 54.0. The quantitative estimate of drug-likeness (QED) is 0.660. The number of carbonyl (C=O) groups excluding carboxylic acids is 2. The first-order valence-electron chi connectivity index (χ1n) is 9.51. The van der Waals surface area contributed by atoms with E-state index in [-0.39, 0.29) is 22.9 Å². The van der Waals surface area contributed by atoms with Gasteiger partial charge in [-0.05, 0) is 31.2 Å². The number of amides is 1. The Kier molecular flexibility index (Phi) is 5.23. The van der Waals surface area contributed by atoms with Gasteiger partial charge in [0.25, 0.3) is 5.56 Å². The lowest BCUT2D eigenvalue weighted by atomic mass is 9.95. The van der Waals surface area contributed by atoms with Crippen LogP contribution >= 0.6 is 0 Å². The standard InChI is InChI=1S/C21H25N5O4/c1-12(26-11-22-17-15(26)18(28)25(6)20(30)24(17)5)16(27)13-7-9-14(10-8-13)23-19(29)21(2,3)4/h7-12H,1-6H3,(H,23,29)/t12-/m0/s1. The Morgan fingerprint density at radius 1 is 1.03 bits per heavy atom. The van der Waals surface area contributed by atoms with E-state index in [0.717, 1.165) is 4.57 Å². The fourth-order valence-corrected chi connectivity index (χ4v) is 3.06. The zero-order valence-electron chi connectivity index (χ0n) is 17.9. The van der Waals surface area contributed by atoms with Crippen molar-refractivity contribution in [2.75, 3.05) is 5.32 Å². The highest BCUT2D eigenvalue weighted by Crippen LogP contribution is 2.21. The van der Waals surface area contributed by atoms with E-state index in [2.05, 4.69) is 10.3 Å². The SMILES string of the molecule is C[C@@H](C(=O)c1ccc(NC(=O)C(C)(C)C)cc1)n1cnc2c1c(=O)n(C)c(=O)n2C. The zero-order chi connectivity index (χ0) is 22.4. The van der Waals surface area contributed by atoms with Crippen LogP contribution < -0.4 is 16.6 Å². The number of rotatable bonds is 4. The molecule has 9 heteroatoms. The van der Waals surface area contributed by atoms with E-state index in [1.54, 1.807) is 31.2 Å². The van der Waals surface area contributed by atoms with Crippen LogP contribution in [0.4, 0.5) is 5.69 Å². The number of fused-ring (bicyclic) bond motifs is 1. The van der Waals surface area contributed by atoms with Gasteiger partial charge < -0.3 is 9.88 Å². The number of aryl methyl sites for hydroxylation is 1. The monoisotopic (exact) mass is 411 g/mol. The van der Waals surface area contributed by atoms with E-state index in [9.17, 15) is 19.2 Å². The highest BCUT2D eigenvalue weighted by molar-refractivity contribution is 6.00. The van der Waals surface area contributed by atoms with Crippen LogP contribution in [-0.2, 0) is 18.9 Å². The molecule has 0 saturated heterocycles. The van der Waals surface area contributed by atoms with Crippen LogP contribution in [0.15, 0.2) is 40.2 Å². The third-order valence-corrected chi connectivity index (χ3v) is 5.08. The fraction of sp³-hybridized carbons (Fsp3) is 0.381. The average molecular weight is 411 g/mol. The number of hydrogen-bond acceptors (Lipinski definition) is 5. The molecule has 3 aromatic rings. The number of nitrogens with one attached hydrogen (secondary N) is 1. The van der Waals surface area contributed by atoms with Crippen molar-refractivity contribution in [1.29, 1.82) is 0 Å². The van der Waals surface area contributed by atoms with Crippen molar-refractivity contribution in [3.63, 3.8) is 0 Å². The van der Waals surface area contributed by atoms with Crippen LogP contribution in [0, 0.1) is 5.41 Å². The molecule has 2 heterocycles. The second-order valence-electron chi connectivity index (χ2n) is 8.35. The summed E-state index contributed by atoms with van der Waals surface area (Å²) in [6, 6.07) is 5.88. The summed E-state index contributed by atoms with van der Waals surface area (Å²) in [5, 5.41) is 2.81. The molecule has 3 rings (SSSR count). The van der Waals surface area contributed by atoms with Crippen LogP contribution in [0.25, 0.3) is 11.2 Å². The molecule has 0 aliphatic rings. The van der Waals surface area contributed by atoms with Crippen molar-refractivity contribution in [2.45, 2.75) is 33.7 Å². The summed E-state index contributed by atoms with van der Waals surface area (Å²) in [6.45, 7) is 7.12. The van der Waals surface area contributed by atoms with Crippen molar-refractivity contribution < 1.29 is 9.59 Å². The summed E-state index contributed by atoms with van der Waals surface area (Å²) in [7, 11) is 2.91. The number of benzene rings is 1. The maximum atomic E-state index is 13.0. The van der Waals surface area contributed by atoms with Gasteiger partial charge in [0.05, 0.1) is 12.4 Å². The minimum Gasteiger partial charge on any atom is -0.326 e. The predicted molar refractivity (Wildman–Crippen MR) is 114 cm³/mol. The molecule has 9 nitrogen and oxygen atoms in total. The first-order chi connectivity index (χ1) is 13.9. The Balaban J connectivity index is 1.92. The van der Waals surface area contributed by atoms with Crippen LogP contribution in [0.5, 0.6) is 0 Å². The number of carbonyl (C=O) groups is 2. The minimum atomic E-state index is -0.713. The zero-order valence-corrected chi connectivity index (χ0v) is 17.9. The molecule has 0 saturated carbocycles. The van der Waals surface area contributed by atoms with E-state index in [0.29, 0.717) is 11.3 Å². The Labute approximate surface area is 173 Å². The van der Waals surface area contributed by atoms with Gasteiger partial charge in [-0.15, -0.1) is 0 Å². The predicted octanol–water partition coefficient (Wildman–Crippen LogP) is 1.86. The van der Waals surface area contributed by atoms with E-state index < -0.39 is 22.7 Å². The summed E-state index contributed by atoms with van der Waals surface area (Å²) in [5.74, 6) is -0.347. The second-order valence-corrected chi connectivity index (χ2v) is 8.35. The van der Waals surface area contributed by atoms with Crippen LogP contribution in [-0.4, -0.2) is 30.4 Å². The van der Waals surface area contributed by atoms with Gasteiger partial charge in [-0.25, -0.2) is 9.78 Å². The molecule has 0 unspecified atom stereocenters. The molecular formula is C21H25N5O4. The summed E-state index contributed by atoms with van der Waals surface area (Å²) in [5.41, 5.74) is -0.0824. The van der Waals surface area contributed by atoms with Gasteiger partial charge in [-0.3, -0.25) is 23.5 Å². The first-order valence-corrected chi connectivity index (χ1v) is 9.51. The van der Waals surface area contributed by atoms with Gasteiger partial charge in [0, 0.05) is 30.8 Å². The van der Waals surface area contributed by atoms with E-state index in [4.69, 9.17) is 0 Å². The number of imidazole rings is 1. The smallest absolute Gasteiger partial charge is 0.326 e. The summed E-state index contributed by atoms with van der Waals surface area (Å²) >= 11 is 0. The molecule has 0 aliphatic carbocycles. The van der Waals surface area contributed by atoms with E-state index in [1.165, 1.54) is 29.6 Å². The van der Waals surface area contributed by atoms with Crippen LogP contribution in [0.2, 0.25) is 0 Å². The molecule has 1 atom stereocenters. The summed E-state index contributed by atoms with van der Waals surface area (Å²) < 4.78 is 3.75. The molecule has 30 heavy (non-hydrogen) atoms. The molecule has 0 spiro atoms. The Morgan fingerprint density at radius 2 is 1.63 bits per heavy atom. The van der Waals surface area contributed by atoms with Crippen molar-refractivity contribution in [3.8, 4) is 0 Å². The Morgan fingerprint density at radius 3 is 2.20 bits per heavy atom. The Bertz CT molecular complexity index is 1260. The molecule has 1 N–H and O–H groups in total. The number of hydrogen-bond donors (Lipinski definition) is 1. The number of anilines is 1. The molecule has 2 aromatic heterocycles. The molecular weight excluding hydrogens is 386 g/mol. The number of nitrogens with zero attached hydrogens (tertiary/aromatic N) is 4. The van der Waals surface area contributed by atoms with Crippen LogP contribution in [0.3, 0.4) is 0 Å². The largest absolute Gasteiger partial charge is 0.332 e. The molecule has 0 aliphatic heterocycles. The lowest BCUT2D eigenvalue weighted by Crippen LogP contribution is -2.38. The lowest BCUT2D eigenvalue weighted by Gasteiger charge is -2.18. The van der Waals surface area contributed by atoms with Gasteiger partial charge in [-0.2, -0.15) is 0 Å². The highest BCUT2D eigenvalue weighted by Gasteiger charge is 2.24. The third-order valence-electron chi connectivity index (χ3n) is 5.08. The molecule has 0 radical (unpaired) electrons. The lowest BCUT2D eigenvalue weighted by molar-refractivity contribution is -0.123. The maximum absolute atomic E-state index is 13.0. The normalized spacial score (nSPS) is 12.7. The molecule has 0 fully saturated rings. The van der Waals surface area contributed by atoms with Gasteiger partial charge >= 0.3 is 5.69 Å². The van der Waals surface area contributed by atoms with Gasteiger partial charge in [-0.1, -0.05) is 20.8 Å². The number of aromatic nitrogens is 4. The van der Waals surface area contributed by atoms with Gasteiger partial charge in [0.15, 0.2) is 16.9 Å². The Hall–Kier alpha value is -3.49. The van der Waals surface area contributed by atoms with Gasteiger partial charge in [0.2, 0.25) is 5.91 Å². The summed E-state index contributed by atoms with van der Waals surface area (Å²) in [6.07, 6.45) is 1.39. The van der Waals surface area contributed by atoms with Crippen molar-refractivity contribution >= 4 is 28.5 Å². The number of ketones is 1. The van der Waals surface area contributed by atoms with E-state index in [1.807, 2.05) is 20.8 Å².